The first kappa shape index (κ1) is 20.8. The molecule has 1 aliphatic heterocycles. The number of nitrogens with zero attached hydrogens (tertiary/aromatic N) is 3. The third-order valence-corrected chi connectivity index (χ3v) is 5.85. The monoisotopic (exact) mass is 446 g/mol. The molecule has 0 bridgehead atoms. The van der Waals surface area contributed by atoms with Crippen molar-refractivity contribution in [3.63, 3.8) is 0 Å². The number of benzene rings is 2. The number of likely N-dealkylation sites (N-methyl/N-ethyl adjacent to an activating group) is 1. The molecule has 2 heterocycles. The van der Waals surface area contributed by atoms with Gasteiger partial charge in [0.25, 0.3) is 5.91 Å². The predicted molar refractivity (Wildman–Crippen MR) is 112 cm³/mol. The molecular weight excluding hydrogens is 430 g/mol. The molecule has 31 heavy (non-hydrogen) atoms. The first-order valence-electron chi connectivity index (χ1n) is 9.26. The Labute approximate surface area is 180 Å². The molecule has 0 saturated carbocycles. The molecule has 0 spiro atoms. The Morgan fingerprint density at radius 3 is 2.65 bits per heavy atom. The van der Waals surface area contributed by atoms with Crippen molar-refractivity contribution in [2.75, 3.05) is 25.9 Å². The Kier molecular flexibility index (Phi) is 5.14. The number of nitrogens with two attached hydrogens (primary N) is 1. The standard InChI is InChI=1S/C21H17ClF2N4O3/c1-27(21(30)31)11-8-28(9-11)20(29)13-7-26-19(17(24)18(13)25)12-4-2-3-10-5-6-14(23)16(22)15(10)12/h2-7,11H,8-9H2,1H3,(H2,25,26)(H,30,31). The second-order valence-electron chi connectivity index (χ2n) is 7.27. The quantitative estimate of drug-likeness (QED) is 0.636. The molecule has 2 amide bonds. The number of nitrogen functional groups attached to an aromatic ring is 1. The summed E-state index contributed by atoms with van der Waals surface area (Å²) in [6.45, 7) is 0.339. The van der Waals surface area contributed by atoms with Gasteiger partial charge < -0.3 is 20.6 Å². The zero-order valence-electron chi connectivity index (χ0n) is 16.3. The molecule has 3 N–H and O–H groups in total. The van der Waals surface area contributed by atoms with Crippen LogP contribution in [0.5, 0.6) is 0 Å². The third kappa shape index (κ3) is 3.40. The number of carboxylic acid groups (broad SMARTS) is 1. The molecule has 4 rings (SSSR count). The summed E-state index contributed by atoms with van der Waals surface area (Å²) in [5.41, 5.74) is 5.49. The number of rotatable bonds is 3. The Bertz CT molecular complexity index is 1230. The minimum atomic E-state index is -1.10. The Hall–Kier alpha value is -3.46. The average Bonchev–Trinajstić information content (AvgIpc) is 2.71. The van der Waals surface area contributed by atoms with E-state index in [2.05, 4.69) is 4.98 Å². The average molecular weight is 447 g/mol. The molecule has 1 fully saturated rings. The molecular formula is C21H17ClF2N4O3. The van der Waals surface area contributed by atoms with Gasteiger partial charge in [0.15, 0.2) is 5.82 Å². The van der Waals surface area contributed by atoms with Gasteiger partial charge in [-0.2, -0.15) is 0 Å². The van der Waals surface area contributed by atoms with E-state index in [1.807, 2.05) is 0 Å². The summed E-state index contributed by atoms with van der Waals surface area (Å²) in [6.07, 6.45) is 0.0648. The van der Waals surface area contributed by atoms with Crippen molar-refractivity contribution in [3.05, 3.63) is 58.7 Å². The van der Waals surface area contributed by atoms with E-state index in [-0.39, 0.29) is 46.4 Å². The smallest absolute Gasteiger partial charge is 0.407 e. The molecule has 1 aromatic heterocycles. The summed E-state index contributed by atoms with van der Waals surface area (Å²) < 4.78 is 29.2. The Balaban J connectivity index is 1.68. The number of halogens is 3. The van der Waals surface area contributed by atoms with Gasteiger partial charge in [0.1, 0.15) is 11.5 Å². The largest absolute Gasteiger partial charge is 0.465 e. The highest BCUT2D eigenvalue weighted by molar-refractivity contribution is 6.36. The maximum absolute atomic E-state index is 15.2. The third-order valence-electron chi connectivity index (χ3n) is 5.48. The van der Waals surface area contributed by atoms with Gasteiger partial charge in [-0.05, 0) is 11.5 Å². The fourth-order valence-electron chi connectivity index (χ4n) is 3.56. The van der Waals surface area contributed by atoms with Crippen LogP contribution in [0.3, 0.4) is 0 Å². The summed E-state index contributed by atoms with van der Waals surface area (Å²) in [5, 5.41) is 9.72. The van der Waals surface area contributed by atoms with E-state index in [0.717, 1.165) is 11.1 Å². The number of fused-ring (bicyclic) bond motifs is 1. The van der Waals surface area contributed by atoms with Gasteiger partial charge in [-0.3, -0.25) is 9.78 Å². The van der Waals surface area contributed by atoms with Crippen molar-refractivity contribution in [2.45, 2.75) is 6.04 Å². The molecule has 1 saturated heterocycles. The van der Waals surface area contributed by atoms with Crippen LogP contribution in [-0.2, 0) is 0 Å². The van der Waals surface area contributed by atoms with Crippen LogP contribution in [0.4, 0.5) is 19.3 Å². The minimum absolute atomic E-state index is 0.129. The van der Waals surface area contributed by atoms with Crippen molar-refractivity contribution in [1.82, 2.24) is 14.8 Å². The van der Waals surface area contributed by atoms with Crippen molar-refractivity contribution in [2.24, 2.45) is 0 Å². The highest BCUT2D eigenvalue weighted by atomic mass is 35.5. The number of hydrogen-bond acceptors (Lipinski definition) is 4. The lowest BCUT2D eigenvalue weighted by Gasteiger charge is -2.42. The van der Waals surface area contributed by atoms with Gasteiger partial charge in [0.2, 0.25) is 0 Å². The van der Waals surface area contributed by atoms with E-state index in [9.17, 15) is 14.0 Å². The van der Waals surface area contributed by atoms with E-state index in [1.165, 1.54) is 24.1 Å². The van der Waals surface area contributed by atoms with Gasteiger partial charge in [-0.25, -0.2) is 13.6 Å². The highest BCUT2D eigenvalue weighted by Crippen LogP contribution is 2.37. The number of likely N-dealkylation sites (tertiary alicyclic amines) is 1. The number of amides is 2. The fourth-order valence-corrected chi connectivity index (χ4v) is 3.83. The normalized spacial score (nSPS) is 13.9. The summed E-state index contributed by atoms with van der Waals surface area (Å²) in [5.74, 6) is -2.12. The van der Waals surface area contributed by atoms with E-state index in [1.54, 1.807) is 18.2 Å². The summed E-state index contributed by atoms with van der Waals surface area (Å²) in [7, 11) is 1.41. The molecule has 10 heteroatoms. The summed E-state index contributed by atoms with van der Waals surface area (Å²) >= 11 is 6.12. The second kappa shape index (κ2) is 7.66. The van der Waals surface area contributed by atoms with Crippen LogP contribution >= 0.6 is 11.6 Å². The first-order chi connectivity index (χ1) is 14.7. The van der Waals surface area contributed by atoms with Crippen molar-refractivity contribution < 1.29 is 23.5 Å². The molecule has 1 aliphatic rings. The fraction of sp³-hybridized carbons (Fsp3) is 0.190. The minimum Gasteiger partial charge on any atom is -0.465 e. The summed E-state index contributed by atoms with van der Waals surface area (Å²) in [4.78, 5) is 30.3. The lowest BCUT2D eigenvalue weighted by Crippen LogP contribution is -2.61. The number of aromatic nitrogens is 1. The van der Waals surface area contributed by atoms with E-state index >= 15 is 4.39 Å². The summed E-state index contributed by atoms with van der Waals surface area (Å²) in [6, 6.07) is 7.30. The number of hydrogen-bond donors (Lipinski definition) is 2. The number of anilines is 1. The van der Waals surface area contributed by atoms with Crippen molar-refractivity contribution >= 4 is 40.1 Å². The SMILES string of the molecule is CN(C(=O)O)C1CN(C(=O)c2cnc(-c3cccc4ccc(F)c(Cl)c34)c(F)c2N)C1. The van der Waals surface area contributed by atoms with Gasteiger partial charge in [0.05, 0.1) is 22.3 Å². The van der Waals surface area contributed by atoms with Crippen LogP contribution in [0.15, 0.2) is 36.5 Å². The molecule has 2 aromatic carbocycles. The first-order valence-corrected chi connectivity index (χ1v) is 9.64. The number of carbonyl (C=O) groups excluding carboxylic acids is 1. The second-order valence-corrected chi connectivity index (χ2v) is 7.65. The van der Waals surface area contributed by atoms with E-state index in [4.69, 9.17) is 22.4 Å². The molecule has 3 aromatic rings. The zero-order valence-corrected chi connectivity index (χ0v) is 17.0. The molecule has 7 nitrogen and oxygen atoms in total. The topological polar surface area (TPSA) is 99.8 Å². The Morgan fingerprint density at radius 2 is 1.97 bits per heavy atom. The lowest BCUT2D eigenvalue weighted by molar-refractivity contribution is 0.0347. The van der Waals surface area contributed by atoms with Crippen LogP contribution in [0.1, 0.15) is 10.4 Å². The molecule has 0 aliphatic carbocycles. The molecule has 0 atom stereocenters. The van der Waals surface area contributed by atoms with Gasteiger partial charge in [0, 0.05) is 37.3 Å². The van der Waals surface area contributed by atoms with Crippen LogP contribution in [-0.4, -0.2) is 58.1 Å². The number of carbonyl (C=O) groups is 2. The Morgan fingerprint density at radius 1 is 1.26 bits per heavy atom. The maximum atomic E-state index is 15.2. The van der Waals surface area contributed by atoms with Gasteiger partial charge in [-0.15, -0.1) is 0 Å². The van der Waals surface area contributed by atoms with Crippen LogP contribution in [0.25, 0.3) is 22.0 Å². The maximum Gasteiger partial charge on any atom is 0.407 e. The van der Waals surface area contributed by atoms with Crippen LogP contribution in [0.2, 0.25) is 5.02 Å². The van der Waals surface area contributed by atoms with E-state index in [0.29, 0.717) is 5.39 Å². The van der Waals surface area contributed by atoms with Gasteiger partial charge in [-0.1, -0.05) is 35.9 Å². The van der Waals surface area contributed by atoms with Crippen LogP contribution < -0.4 is 5.73 Å². The molecule has 160 valence electrons. The predicted octanol–water partition coefficient (Wildman–Crippen LogP) is 3.85. The van der Waals surface area contributed by atoms with Gasteiger partial charge >= 0.3 is 6.09 Å². The highest BCUT2D eigenvalue weighted by Gasteiger charge is 2.37. The van der Waals surface area contributed by atoms with Crippen molar-refractivity contribution in [3.8, 4) is 11.3 Å². The number of pyridine rings is 1. The van der Waals surface area contributed by atoms with Crippen LogP contribution in [0, 0.1) is 11.6 Å². The zero-order chi connectivity index (χ0) is 22.4. The van der Waals surface area contributed by atoms with Crippen molar-refractivity contribution in [1.29, 1.82) is 0 Å². The molecule has 0 radical (unpaired) electrons. The molecule has 0 unspecified atom stereocenters. The lowest BCUT2D eigenvalue weighted by atomic mass is 9.99. The van der Waals surface area contributed by atoms with E-state index < -0.39 is 29.3 Å².